The summed E-state index contributed by atoms with van der Waals surface area (Å²) in [5, 5.41) is 25.1. The molecule has 11 atom stereocenters. The number of aliphatic hydroxyl groups is 1. The van der Waals surface area contributed by atoms with Crippen molar-refractivity contribution in [3.8, 4) is 0 Å². The van der Waals surface area contributed by atoms with Gasteiger partial charge in [0.1, 0.15) is 60.4 Å². The van der Waals surface area contributed by atoms with Gasteiger partial charge in [0.2, 0.25) is 70.9 Å². The molecular weight excluding hydrogens is 1240 g/mol. The van der Waals surface area contributed by atoms with Crippen molar-refractivity contribution < 1.29 is 62.6 Å². The van der Waals surface area contributed by atoms with Gasteiger partial charge in [0.05, 0.1) is 19.1 Å². The maximum Gasteiger partial charge on any atom is 0.248 e. The van der Waals surface area contributed by atoms with Crippen LogP contribution in [0.2, 0.25) is 0 Å². The quantitative estimate of drug-likeness (QED) is 0.140. The number of aliphatic hydroxyl groups excluding tert-OH is 1. The lowest BCUT2D eigenvalue weighted by Crippen LogP contribution is -2.62. The Morgan fingerprint density at radius 3 is 1.42 bits per heavy atom. The van der Waals surface area contributed by atoms with E-state index in [0.29, 0.717) is 37.9 Å². The smallest absolute Gasteiger partial charge is 0.248 e. The molecule has 25 heteroatoms. The third kappa shape index (κ3) is 23.9. The number of hydrogen-bond donors (Lipinski definition) is 6. The Labute approximate surface area is 575 Å². The van der Waals surface area contributed by atoms with Crippen LogP contribution in [0.3, 0.4) is 0 Å². The molecule has 2 heterocycles. The zero-order valence-electron chi connectivity index (χ0n) is 60.9. The fraction of sp³-hybridized carbons (Fsp3) is 0.667. The number of likely N-dealkylation sites (tertiary alicyclic amines) is 1. The largest absolute Gasteiger partial charge is 0.391 e. The number of benzene rings is 2. The zero-order chi connectivity index (χ0) is 72.9. The molecule has 12 amide bonds. The highest BCUT2D eigenvalue weighted by molar-refractivity contribution is 6.00. The van der Waals surface area contributed by atoms with Crippen LogP contribution in [-0.4, -0.2) is 239 Å². The van der Waals surface area contributed by atoms with Crippen molar-refractivity contribution in [1.82, 2.24) is 60.9 Å². The fourth-order valence-corrected chi connectivity index (χ4v) is 12.5. The standard InChI is InChI=1S/C72H114N12O13/c1-43(2)36-52-68(93)80(15)54(33-32-50-28-22-19-23-29-50)70(95)82(17)56(38-45(5)6)64(89)75-53(69(94)84-34-26-21-27-35-84)41-59(86)73-48(11)67(92)81(16)58(40-51-30-24-20-25-31-51)66(91)76-61(47(9)10)72(97)83(18)57(39-46(7)8)65(90)77-62(49(12)85)71(96)78(13)42-60(87)79(14)55(37-44(3)4)63(88)74-52/h19-20,22-25,28-31,43-49,52-58,61-62,85H,21,26-27,32-42H2,1-18H3,(H,73,86)(H,74,88)(H,75,89)(H,76,91)(H,77,90)/t48-,49-,52+,53+,54+,55+,56+,57+,58+,61+,62+/m1/s1. The molecule has 2 aromatic carbocycles. The van der Waals surface area contributed by atoms with Gasteiger partial charge in [0, 0.05) is 61.8 Å². The van der Waals surface area contributed by atoms with Gasteiger partial charge in [-0.1, -0.05) is 130 Å². The predicted molar refractivity (Wildman–Crippen MR) is 370 cm³/mol. The monoisotopic (exact) mass is 1350 g/mol. The van der Waals surface area contributed by atoms with E-state index in [4.69, 9.17) is 0 Å². The molecule has 2 aromatic rings. The maximum atomic E-state index is 15.5. The van der Waals surface area contributed by atoms with E-state index in [9.17, 15) is 48.3 Å². The van der Waals surface area contributed by atoms with Crippen LogP contribution >= 0.6 is 0 Å². The van der Waals surface area contributed by atoms with E-state index in [1.165, 1.54) is 80.6 Å². The number of nitrogens with one attached hydrogen (secondary N) is 5. The van der Waals surface area contributed by atoms with Crippen molar-refractivity contribution in [3.63, 3.8) is 0 Å². The molecule has 0 bridgehead atoms. The number of amides is 12. The van der Waals surface area contributed by atoms with Crippen LogP contribution in [0.1, 0.15) is 152 Å². The van der Waals surface area contributed by atoms with Crippen molar-refractivity contribution in [1.29, 1.82) is 0 Å². The van der Waals surface area contributed by atoms with Gasteiger partial charge in [-0.15, -0.1) is 0 Å². The first kappa shape index (κ1) is 81.5. The summed E-state index contributed by atoms with van der Waals surface area (Å²) in [6, 6.07) is 4.91. The van der Waals surface area contributed by atoms with Crippen LogP contribution < -0.4 is 26.6 Å². The Bertz CT molecular complexity index is 2990. The van der Waals surface area contributed by atoms with Crippen molar-refractivity contribution in [2.75, 3.05) is 61.9 Å². The number of likely N-dealkylation sites (N-methyl/N-ethyl adjacent to an activating group) is 6. The van der Waals surface area contributed by atoms with Crippen LogP contribution in [-0.2, 0) is 70.4 Å². The number of carbonyl (C=O) groups excluding carboxylic acids is 12. The van der Waals surface area contributed by atoms with Crippen LogP contribution in [0, 0.1) is 29.6 Å². The first-order chi connectivity index (χ1) is 45.5. The Morgan fingerprint density at radius 1 is 0.474 bits per heavy atom. The highest BCUT2D eigenvalue weighted by atomic mass is 16.3. The Morgan fingerprint density at radius 2 is 0.918 bits per heavy atom. The summed E-state index contributed by atoms with van der Waals surface area (Å²) in [6.45, 7) is 21.0. The third-order valence-electron chi connectivity index (χ3n) is 18.3. The normalized spacial score (nSPS) is 25.4. The van der Waals surface area contributed by atoms with Crippen molar-refractivity contribution >= 4 is 70.9 Å². The van der Waals surface area contributed by atoms with E-state index < -0.39 is 156 Å². The van der Waals surface area contributed by atoms with Crippen molar-refractivity contribution in [2.45, 2.75) is 220 Å². The Kier molecular flexibility index (Phi) is 32.1. The van der Waals surface area contributed by atoms with Crippen LogP contribution in [0.5, 0.6) is 0 Å². The summed E-state index contributed by atoms with van der Waals surface area (Å²) in [6.07, 6.45) is 0.765. The summed E-state index contributed by atoms with van der Waals surface area (Å²) >= 11 is 0. The minimum absolute atomic E-state index is 0.0479. The molecule has 4 rings (SSSR count). The third-order valence-corrected chi connectivity index (χ3v) is 18.3. The Balaban J connectivity index is 1.94. The Hall–Kier alpha value is -7.96. The van der Waals surface area contributed by atoms with E-state index in [-0.39, 0.29) is 62.2 Å². The molecule has 0 radical (unpaired) electrons. The van der Waals surface area contributed by atoms with Gasteiger partial charge in [-0.05, 0) is 112 Å². The summed E-state index contributed by atoms with van der Waals surface area (Å²) < 4.78 is 0. The van der Waals surface area contributed by atoms with Gasteiger partial charge in [-0.2, -0.15) is 0 Å². The van der Waals surface area contributed by atoms with Gasteiger partial charge in [0.15, 0.2) is 0 Å². The minimum Gasteiger partial charge on any atom is -0.391 e. The number of rotatable bonds is 16. The van der Waals surface area contributed by atoms with Gasteiger partial charge in [-0.3, -0.25) is 57.5 Å². The molecule has 2 aliphatic heterocycles. The number of hydrogen-bond acceptors (Lipinski definition) is 13. The van der Waals surface area contributed by atoms with Crippen molar-refractivity contribution in [2.24, 2.45) is 29.6 Å². The summed E-state index contributed by atoms with van der Waals surface area (Å²) in [5.41, 5.74) is 1.50. The minimum atomic E-state index is -1.64. The van der Waals surface area contributed by atoms with Crippen molar-refractivity contribution in [3.05, 3.63) is 71.8 Å². The van der Waals surface area contributed by atoms with E-state index in [1.54, 1.807) is 49.1 Å². The molecule has 0 aliphatic carbocycles. The van der Waals surface area contributed by atoms with Gasteiger partial charge >= 0.3 is 0 Å². The SMILES string of the molecule is CC(C)C[C@@H]1NC(=O)[C@H](CC(C)C)N(C)C(=O)CN(C)C(=O)[C@H]([C@@H](C)O)NC(=O)[C@H](CC(C)C)N(C)C(=O)[C@H](C(C)C)NC(=O)[C@H](Cc2ccccc2)N(C)C(=O)[C@@H](C)NC(=O)C[C@@H](C(=O)N2CCCCC2)NC(=O)[C@H](CC(C)C)N(C)C(=O)[C@H](CCc2ccccc2)N(C)C1=O. The first-order valence-electron chi connectivity index (χ1n) is 34.6. The van der Waals surface area contributed by atoms with Crippen LogP contribution in [0.4, 0.5) is 0 Å². The number of nitrogens with zero attached hydrogens (tertiary/aromatic N) is 7. The second-order valence-corrected chi connectivity index (χ2v) is 28.8. The highest BCUT2D eigenvalue weighted by Gasteiger charge is 2.43. The van der Waals surface area contributed by atoms with E-state index in [0.717, 1.165) is 16.9 Å². The second-order valence-electron chi connectivity index (χ2n) is 28.8. The molecule has 0 unspecified atom stereocenters. The maximum absolute atomic E-state index is 15.5. The summed E-state index contributed by atoms with van der Waals surface area (Å²) in [5.74, 6) is -9.98. The average molecular weight is 1360 g/mol. The fourth-order valence-electron chi connectivity index (χ4n) is 12.5. The number of aryl methyl sites for hydroxylation is 1. The molecule has 25 nitrogen and oxygen atoms in total. The van der Waals surface area contributed by atoms with Crippen LogP contribution in [0.15, 0.2) is 60.7 Å². The molecule has 0 aromatic heterocycles. The topological polar surface area (TPSA) is 308 Å². The lowest BCUT2D eigenvalue weighted by Gasteiger charge is -2.38. The molecule has 2 fully saturated rings. The molecule has 97 heavy (non-hydrogen) atoms. The van der Waals surface area contributed by atoms with Crippen LogP contribution in [0.25, 0.3) is 0 Å². The van der Waals surface area contributed by atoms with E-state index in [1.807, 2.05) is 85.7 Å². The number of piperidine rings is 1. The second kappa shape index (κ2) is 38.3. The van der Waals surface area contributed by atoms with Gasteiger partial charge in [0.25, 0.3) is 0 Å². The summed E-state index contributed by atoms with van der Waals surface area (Å²) in [7, 11) is 8.40. The molecule has 2 aliphatic rings. The lowest BCUT2D eigenvalue weighted by atomic mass is 9.96. The highest BCUT2D eigenvalue weighted by Crippen LogP contribution is 2.23. The molecular formula is C72H114N12O13. The first-order valence-corrected chi connectivity index (χ1v) is 34.6. The molecule has 540 valence electrons. The molecule has 0 spiro atoms. The van der Waals surface area contributed by atoms with Gasteiger partial charge in [-0.25, -0.2) is 0 Å². The molecule has 6 N–H and O–H groups in total. The molecule has 2 saturated heterocycles. The summed E-state index contributed by atoms with van der Waals surface area (Å²) in [4.78, 5) is 186. The lowest BCUT2D eigenvalue weighted by molar-refractivity contribution is -0.150. The molecule has 0 saturated carbocycles. The average Bonchev–Trinajstić information content (AvgIpc) is 0.856. The number of carbonyl (C=O) groups is 12. The van der Waals surface area contributed by atoms with E-state index >= 15 is 14.4 Å². The predicted octanol–water partition coefficient (Wildman–Crippen LogP) is 3.54. The van der Waals surface area contributed by atoms with Gasteiger partial charge < -0.3 is 66.0 Å². The zero-order valence-corrected chi connectivity index (χ0v) is 60.9. The van der Waals surface area contributed by atoms with E-state index in [2.05, 4.69) is 26.6 Å².